The van der Waals surface area contributed by atoms with Crippen molar-refractivity contribution in [3.63, 3.8) is 0 Å². The first-order valence-corrected chi connectivity index (χ1v) is 7.84. The number of nitrogens with zero attached hydrogens (tertiary/aromatic N) is 1. The van der Waals surface area contributed by atoms with E-state index in [2.05, 4.69) is 10.6 Å². The fraction of sp³-hybridized carbons (Fsp3) is 0.800. The minimum absolute atomic E-state index is 0. The zero-order valence-corrected chi connectivity index (χ0v) is 15.0. The first-order valence-electron chi connectivity index (χ1n) is 7.84. The monoisotopic (exact) mass is 364 g/mol. The van der Waals surface area contributed by atoms with Crippen LogP contribution in [0.15, 0.2) is 0 Å². The van der Waals surface area contributed by atoms with Gasteiger partial charge in [0.25, 0.3) is 0 Å². The van der Waals surface area contributed by atoms with Gasteiger partial charge in [-0.2, -0.15) is 0 Å². The highest BCUT2D eigenvalue weighted by Crippen LogP contribution is 2.41. The van der Waals surface area contributed by atoms with Crippen molar-refractivity contribution in [2.75, 3.05) is 20.1 Å². The summed E-state index contributed by atoms with van der Waals surface area (Å²) in [5.41, 5.74) is 3.15. The fourth-order valence-electron chi connectivity index (χ4n) is 3.53. The second kappa shape index (κ2) is 7.23. The van der Waals surface area contributed by atoms with Gasteiger partial charge in [0.05, 0.1) is 11.5 Å². The van der Waals surface area contributed by atoms with Crippen LogP contribution in [0.1, 0.15) is 33.1 Å². The van der Waals surface area contributed by atoms with Crippen LogP contribution in [0.5, 0.6) is 0 Å². The summed E-state index contributed by atoms with van der Waals surface area (Å²) in [5, 5.41) is 5.55. The van der Waals surface area contributed by atoms with Gasteiger partial charge in [0.2, 0.25) is 17.7 Å². The molecule has 0 radical (unpaired) electrons. The molecule has 2 heterocycles. The summed E-state index contributed by atoms with van der Waals surface area (Å²) in [7, 11) is 1.57. The predicted molar refractivity (Wildman–Crippen MR) is 89.3 cm³/mol. The molecule has 0 aliphatic carbocycles. The van der Waals surface area contributed by atoms with Crippen LogP contribution in [-0.2, 0) is 14.4 Å². The maximum absolute atomic E-state index is 13.9. The minimum Gasteiger partial charge on any atom is -0.368 e. The topological polar surface area (TPSA) is 105 Å². The Balaban J connectivity index is 0.00000288. The van der Waals surface area contributed by atoms with Gasteiger partial charge >= 0.3 is 0 Å². The van der Waals surface area contributed by atoms with Crippen molar-refractivity contribution in [3.05, 3.63) is 0 Å². The summed E-state index contributed by atoms with van der Waals surface area (Å²) in [6.45, 7) is 3.47. The summed E-state index contributed by atoms with van der Waals surface area (Å²) >= 11 is 0. The van der Waals surface area contributed by atoms with Gasteiger partial charge in [-0.1, -0.05) is 0 Å². The third kappa shape index (κ3) is 3.97. The lowest BCUT2D eigenvalue weighted by molar-refractivity contribution is -0.140. The highest BCUT2D eigenvalue weighted by molar-refractivity contribution is 5.93. The van der Waals surface area contributed by atoms with Crippen LogP contribution in [0.4, 0.5) is 4.39 Å². The molecule has 0 unspecified atom stereocenters. The summed E-state index contributed by atoms with van der Waals surface area (Å²) in [4.78, 5) is 38.0. The Morgan fingerprint density at radius 2 is 2.17 bits per heavy atom. The smallest absolute Gasteiger partial charge is 0.240 e. The first kappa shape index (κ1) is 20.6. The Bertz CT molecular complexity index is 525. The molecule has 3 amide bonds. The van der Waals surface area contributed by atoms with Gasteiger partial charge in [-0.25, -0.2) is 4.39 Å². The van der Waals surface area contributed by atoms with Crippen LogP contribution >= 0.6 is 12.4 Å². The molecule has 0 aromatic carbocycles. The molecule has 138 valence electrons. The molecule has 2 rings (SSSR count). The van der Waals surface area contributed by atoms with E-state index in [1.165, 1.54) is 18.7 Å². The van der Waals surface area contributed by atoms with E-state index >= 15 is 0 Å². The molecule has 2 saturated heterocycles. The fourth-order valence-corrected chi connectivity index (χ4v) is 3.53. The normalized spacial score (nSPS) is 27.8. The predicted octanol–water partition coefficient (Wildman–Crippen LogP) is -0.273. The number of likely N-dealkylation sites (N-methyl/N-ethyl adjacent to an activating group) is 1. The van der Waals surface area contributed by atoms with E-state index in [1.54, 1.807) is 7.05 Å². The van der Waals surface area contributed by atoms with Crippen molar-refractivity contribution in [1.82, 2.24) is 15.5 Å². The van der Waals surface area contributed by atoms with Gasteiger partial charge in [0.15, 0.2) is 0 Å². The molecular weight excluding hydrogens is 339 g/mol. The number of carbonyl (C=O) groups is 3. The van der Waals surface area contributed by atoms with Crippen LogP contribution < -0.4 is 16.4 Å². The number of hydrogen-bond donors (Lipinski definition) is 3. The highest BCUT2D eigenvalue weighted by Gasteiger charge is 2.55. The highest BCUT2D eigenvalue weighted by atomic mass is 35.5. The number of primary amides is 1. The lowest BCUT2D eigenvalue weighted by atomic mass is 9.84. The Hall–Kier alpha value is -1.41. The molecular formula is C15H26ClFN4O3. The quantitative estimate of drug-likeness (QED) is 0.624. The molecule has 2 fully saturated rings. The Labute approximate surface area is 147 Å². The summed E-state index contributed by atoms with van der Waals surface area (Å²) in [6.07, 6.45) is 0.775. The van der Waals surface area contributed by atoms with E-state index in [0.29, 0.717) is 13.0 Å². The average molecular weight is 365 g/mol. The van der Waals surface area contributed by atoms with Crippen LogP contribution in [0.3, 0.4) is 0 Å². The average Bonchev–Trinajstić information content (AvgIpc) is 3.00. The van der Waals surface area contributed by atoms with Crippen molar-refractivity contribution in [2.45, 2.75) is 50.9 Å². The van der Waals surface area contributed by atoms with Gasteiger partial charge in [-0.05, 0) is 33.7 Å². The van der Waals surface area contributed by atoms with Crippen LogP contribution in [-0.4, -0.2) is 60.5 Å². The molecule has 4 N–H and O–H groups in total. The summed E-state index contributed by atoms with van der Waals surface area (Å²) in [6, 6.07) is -1.60. The number of likely N-dealkylation sites (tertiary alicyclic amines) is 1. The maximum atomic E-state index is 13.9. The van der Waals surface area contributed by atoms with Gasteiger partial charge in [0, 0.05) is 19.5 Å². The SMILES string of the molecule is CN[C@@H](CC(C)(C)F)C(=O)N1C[C@]2(CCNC2=O)C[C@H]1C(N)=O.Cl. The Kier molecular flexibility index (Phi) is 6.21. The number of alkyl halides is 1. The second-order valence-electron chi connectivity index (χ2n) is 7.14. The van der Waals surface area contributed by atoms with Crippen LogP contribution in [0.25, 0.3) is 0 Å². The molecule has 0 aromatic heterocycles. The standard InChI is InChI=1S/C15H25FN4O3.ClH/c1-14(2,16)6-9(18-3)12(22)20-8-15(4-5-19-13(15)23)7-10(20)11(17)21;/h9-10,18H,4-8H2,1-3H3,(H2,17,21)(H,19,23);1H/t9-,10-,15-;/m0./s1. The summed E-state index contributed by atoms with van der Waals surface area (Å²) in [5.74, 6) is -1.17. The number of rotatable bonds is 5. The van der Waals surface area contributed by atoms with Crippen molar-refractivity contribution < 1.29 is 18.8 Å². The van der Waals surface area contributed by atoms with Crippen LogP contribution in [0, 0.1) is 5.41 Å². The number of nitrogens with one attached hydrogen (secondary N) is 2. The number of nitrogens with two attached hydrogens (primary N) is 1. The van der Waals surface area contributed by atoms with E-state index in [9.17, 15) is 18.8 Å². The largest absolute Gasteiger partial charge is 0.368 e. The van der Waals surface area contributed by atoms with Gasteiger partial charge in [-0.3, -0.25) is 14.4 Å². The van der Waals surface area contributed by atoms with E-state index in [-0.39, 0.29) is 37.7 Å². The van der Waals surface area contributed by atoms with Gasteiger partial charge in [-0.15, -0.1) is 12.4 Å². The Morgan fingerprint density at radius 1 is 1.54 bits per heavy atom. The van der Waals surface area contributed by atoms with Crippen LogP contribution in [0.2, 0.25) is 0 Å². The molecule has 0 bridgehead atoms. The third-order valence-corrected chi connectivity index (χ3v) is 4.75. The van der Waals surface area contributed by atoms with E-state index in [0.717, 1.165) is 0 Å². The van der Waals surface area contributed by atoms with Gasteiger partial charge in [0.1, 0.15) is 11.7 Å². The molecule has 0 saturated carbocycles. The second-order valence-corrected chi connectivity index (χ2v) is 7.14. The van der Waals surface area contributed by atoms with Crippen molar-refractivity contribution in [2.24, 2.45) is 11.1 Å². The summed E-state index contributed by atoms with van der Waals surface area (Å²) < 4.78 is 13.9. The number of carbonyl (C=O) groups excluding carboxylic acids is 3. The zero-order chi connectivity index (χ0) is 17.4. The van der Waals surface area contributed by atoms with Crippen molar-refractivity contribution in [3.8, 4) is 0 Å². The number of hydrogen-bond acceptors (Lipinski definition) is 4. The Morgan fingerprint density at radius 3 is 2.58 bits per heavy atom. The minimum atomic E-state index is -1.53. The molecule has 7 nitrogen and oxygen atoms in total. The van der Waals surface area contributed by atoms with Gasteiger partial charge < -0.3 is 21.3 Å². The zero-order valence-electron chi connectivity index (χ0n) is 14.2. The molecule has 3 atom stereocenters. The van der Waals surface area contributed by atoms with Crippen molar-refractivity contribution in [1.29, 1.82) is 0 Å². The third-order valence-electron chi connectivity index (χ3n) is 4.75. The lowest BCUT2D eigenvalue weighted by Gasteiger charge is -2.29. The molecule has 24 heavy (non-hydrogen) atoms. The lowest BCUT2D eigenvalue weighted by Crippen LogP contribution is -2.52. The molecule has 2 aliphatic heterocycles. The van der Waals surface area contributed by atoms with E-state index < -0.39 is 35.0 Å². The first-order chi connectivity index (χ1) is 10.6. The molecule has 9 heteroatoms. The number of halogens is 2. The van der Waals surface area contributed by atoms with E-state index in [4.69, 9.17) is 5.73 Å². The number of amides is 3. The molecule has 2 aliphatic rings. The van der Waals surface area contributed by atoms with E-state index in [1.807, 2.05) is 0 Å². The molecule has 0 aromatic rings. The molecule has 1 spiro atoms. The van der Waals surface area contributed by atoms with Crippen molar-refractivity contribution >= 4 is 30.1 Å². The maximum Gasteiger partial charge on any atom is 0.240 e.